The van der Waals surface area contributed by atoms with E-state index >= 15 is 0 Å². The van der Waals surface area contributed by atoms with Gasteiger partial charge in [-0.25, -0.2) is 9.48 Å². The summed E-state index contributed by atoms with van der Waals surface area (Å²) in [7, 11) is 0. The fourth-order valence-electron chi connectivity index (χ4n) is 3.09. The Morgan fingerprint density at radius 3 is 2.71 bits per heavy atom. The van der Waals surface area contributed by atoms with Gasteiger partial charge in [0.1, 0.15) is 0 Å². The van der Waals surface area contributed by atoms with E-state index in [1.54, 1.807) is 4.68 Å². The molecule has 0 radical (unpaired) electrons. The van der Waals surface area contributed by atoms with E-state index in [4.69, 9.17) is 4.74 Å². The van der Waals surface area contributed by atoms with E-state index in [0.717, 1.165) is 32.0 Å². The van der Waals surface area contributed by atoms with Crippen LogP contribution in [-0.4, -0.2) is 53.7 Å². The predicted octanol–water partition coefficient (Wildman–Crippen LogP) is 0.448. The minimum absolute atomic E-state index is 0.108. The third kappa shape index (κ3) is 2.50. The number of nitrogens with zero attached hydrogens (tertiary/aromatic N) is 4. The molecule has 0 bridgehead atoms. The van der Waals surface area contributed by atoms with Crippen molar-refractivity contribution in [3.05, 3.63) is 6.20 Å². The standard InChI is InChI=1S/C14H23N5O2/c1-4-21-13(20)12(10(2)3)19-5-11(16-17-19)18-8-14(9-18)6-15-7-14/h5,10,12,15H,4,6-9H2,1-3H3. The molecule has 2 aliphatic rings. The smallest absolute Gasteiger partial charge is 0.331 e. The van der Waals surface area contributed by atoms with Crippen LogP contribution in [0.15, 0.2) is 6.20 Å². The first-order valence-electron chi connectivity index (χ1n) is 7.59. The van der Waals surface area contributed by atoms with E-state index < -0.39 is 6.04 Å². The molecule has 3 heterocycles. The van der Waals surface area contributed by atoms with Crippen LogP contribution in [-0.2, 0) is 9.53 Å². The Morgan fingerprint density at radius 2 is 2.19 bits per heavy atom. The molecule has 1 atom stereocenters. The maximum Gasteiger partial charge on any atom is 0.331 e. The average molecular weight is 293 g/mol. The molecular formula is C14H23N5O2. The van der Waals surface area contributed by atoms with Gasteiger partial charge in [0.15, 0.2) is 11.9 Å². The second kappa shape index (κ2) is 5.29. The molecule has 1 spiro atoms. The summed E-state index contributed by atoms with van der Waals surface area (Å²) in [6.45, 7) is 10.4. The minimum atomic E-state index is -0.410. The minimum Gasteiger partial charge on any atom is -0.464 e. The molecule has 116 valence electrons. The van der Waals surface area contributed by atoms with E-state index in [1.165, 1.54) is 0 Å². The summed E-state index contributed by atoms with van der Waals surface area (Å²) in [5.41, 5.74) is 0.447. The number of esters is 1. The van der Waals surface area contributed by atoms with Crippen molar-refractivity contribution < 1.29 is 9.53 Å². The molecule has 7 heteroatoms. The Morgan fingerprint density at radius 1 is 1.48 bits per heavy atom. The van der Waals surface area contributed by atoms with Crippen molar-refractivity contribution in [2.45, 2.75) is 26.8 Å². The molecule has 21 heavy (non-hydrogen) atoms. The van der Waals surface area contributed by atoms with Gasteiger partial charge in [0.25, 0.3) is 0 Å². The molecule has 2 fully saturated rings. The van der Waals surface area contributed by atoms with Gasteiger partial charge in [0.2, 0.25) is 0 Å². The highest BCUT2D eigenvalue weighted by atomic mass is 16.5. The summed E-state index contributed by atoms with van der Waals surface area (Å²) < 4.78 is 6.78. The highest BCUT2D eigenvalue weighted by Crippen LogP contribution is 2.36. The maximum absolute atomic E-state index is 12.1. The molecule has 7 nitrogen and oxygen atoms in total. The number of hydrogen-bond acceptors (Lipinski definition) is 6. The van der Waals surface area contributed by atoms with Crippen LogP contribution in [0.1, 0.15) is 26.8 Å². The van der Waals surface area contributed by atoms with Crippen LogP contribution in [0.4, 0.5) is 5.82 Å². The van der Waals surface area contributed by atoms with Crippen LogP contribution in [0, 0.1) is 11.3 Å². The lowest BCUT2D eigenvalue weighted by Gasteiger charge is -2.56. The normalized spacial score (nSPS) is 21.0. The van der Waals surface area contributed by atoms with Gasteiger partial charge in [-0.3, -0.25) is 0 Å². The second-order valence-corrected chi connectivity index (χ2v) is 6.46. The van der Waals surface area contributed by atoms with Gasteiger partial charge in [-0.05, 0) is 12.8 Å². The summed E-state index contributed by atoms with van der Waals surface area (Å²) in [5.74, 6) is 0.715. The Labute approximate surface area is 124 Å². The quantitative estimate of drug-likeness (QED) is 0.795. The summed E-state index contributed by atoms with van der Waals surface area (Å²) in [6, 6.07) is -0.410. The second-order valence-electron chi connectivity index (χ2n) is 6.46. The van der Waals surface area contributed by atoms with Crippen LogP contribution in [0.2, 0.25) is 0 Å². The number of aromatic nitrogens is 3. The zero-order valence-electron chi connectivity index (χ0n) is 12.9. The Kier molecular flexibility index (Phi) is 3.61. The van der Waals surface area contributed by atoms with Crippen LogP contribution in [0.25, 0.3) is 0 Å². The molecule has 2 saturated heterocycles. The van der Waals surface area contributed by atoms with Crippen molar-refractivity contribution in [2.75, 3.05) is 37.7 Å². The average Bonchev–Trinajstić information content (AvgIpc) is 2.74. The number of anilines is 1. The summed E-state index contributed by atoms with van der Waals surface area (Å²) >= 11 is 0. The van der Waals surface area contributed by atoms with Gasteiger partial charge in [-0.15, -0.1) is 5.10 Å². The van der Waals surface area contributed by atoms with Crippen LogP contribution in [0.3, 0.4) is 0 Å². The number of ether oxygens (including phenoxy) is 1. The number of nitrogens with one attached hydrogen (secondary N) is 1. The Bertz CT molecular complexity index is 515. The fourth-order valence-corrected chi connectivity index (χ4v) is 3.09. The highest BCUT2D eigenvalue weighted by Gasteiger charge is 2.48. The van der Waals surface area contributed by atoms with Gasteiger partial charge in [0.05, 0.1) is 12.8 Å². The van der Waals surface area contributed by atoms with Gasteiger partial charge in [0, 0.05) is 31.6 Å². The van der Waals surface area contributed by atoms with Gasteiger partial charge >= 0.3 is 5.97 Å². The van der Waals surface area contributed by atoms with Gasteiger partial charge in [-0.2, -0.15) is 0 Å². The number of carbonyl (C=O) groups excluding carboxylic acids is 1. The lowest BCUT2D eigenvalue weighted by atomic mass is 9.74. The molecule has 0 aliphatic carbocycles. The zero-order valence-corrected chi connectivity index (χ0v) is 12.9. The number of hydrogen-bond donors (Lipinski definition) is 1. The first-order chi connectivity index (χ1) is 10.0. The van der Waals surface area contributed by atoms with Crippen molar-refractivity contribution in [3.8, 4) is 0 Å². The molecule has 0 amide bonds. The lowest BCUT2D eigenvalue weighted by molar-refractivity contribution is -0.149. The third-order valence-corrected chi connectivity index (χ3v) is 4.32. The van der Waals surface area contributed by atoms with Gasteiger partial charge in [-0.1, -0.05) is 19.1 Å². The predicted molar refractivity (Wildman–Crippen MR) is 78.0 cm³/mol. The van der Waals surface area contributed by atoms with Crippen molar-refractivity contribution >= 4 is 11.8 Å². The van der Waals surface area contributed by atoms with Crippen LogP contribution < -0.4 is 10.2 Å². The Hall–Kier alpha value is -1.63. The topological polar surface area (TPSA) is 72.3 Å². The van der Waals surface area contributed by atoms with E-state index in [2.05, 4.69) is 20.5 Å². The van der Waals surface area contributed by atoms with Crippen LogP contribution in [0.5, 0.6) is 0 Å². The van der Waals surface area contributed by atoms with Crippen molar-refractivity contribution in [1.82, 2.24) is 20.3 Å². The molecule has 0 saturated carbocycles. The van der Waals surface area contributed by atoms with Crippen LogP contribution >= 0.6 is 0 Å². The van der Waals surface area contributed by atoms with Crippen molar-refractivity contribution in [2.24, 2.45) is 11.3 Å². The first kappa shape index (κ1) is 14.3. The fraction of sp³-hybridized carbons (Fsp3) is 0.786. The molecule has 2 aliphatic heterocycles. The molecule has 1 aromatic heterocycles. The zero-order chi connectivity index (χ0) is 15.0. The molecule has 1 N–H and O–H groups in total. The summed E-state index contributed by atoms with van der Waals surface area (Å²) in [5, 5.41) is 11.7. The lowest BCUT2D eigenvalue weighted by Crippen LogP contribution is -2.71. The van der Waals surface area contributed by atoms with E-state index in [-0.39, 0.29) is 11.9 Å². The summed E-state index contributed by atoms with van der Waals surface area (Å²) in [4.78, 5) is 14.3. The maximum atomic E-state index is 12.1. The molecule has 3 rings (SSSR count). The molecule has 1 unspecified atom stereocenters. The van der Waals surface area contributed by atoms with E-state index in [1.807, 2.05) is 27.0 Å². The number of rotatable bonds is 5. The highest BCUT2D eigenvalue weighted by molar-refractivity contribution is 5.74. The molecular weight excluding hydrogens is 270 g/mol. The van der Waals surface area contributed by atoms with E-state index in [0.29, 0.717) is 12.0 Å². The largest absolute Gasteiger partial charge is 0.464 e. The van der Waals surface area contributed by atoms with Crippen molar-refractivity contribution in [1.29, 1.82) is 0 Å². The SMILES string of the molecule is CCOC(=O)C(C(C)C)n1cc(N2CC3(CNC3)C2)nn1. The summed E-state index contributed by atoms with van der Waals surface area (Å²) in [6.07, 6.45) is 1.86. The van der Waals surface area contributed by atoms with E-state index in [9.17, 15) is 4.79 Å². The van der Waals surface area contributed by atoms with Gasteiger partial charge < -0.3 is 15.0 Å². The third-order valence-electron chi connectivity index (χ3n) is 4.32. The molecule has 1 aromatic rings. The van der Waals surface area contributed by atoms with Crippen molar-refractivity contribution in [3.63, 3.8) is 0 Å². The number of carbonyl (C=O) groups is 1. The molecule has 0 aromatic carbocycles. The monoisotopic (exact) mass is 293 g/mol. The Balaban J connectivity index is 1.69. The first-order valence-corrected chi connectivity index (χ1v) is 7.59.